The third-order valence-electron chi connectivity index (χ3n) is 2.47. The number of ether oxygens (including phenoxy) is 1. The smallest absolute Gasteiger partial charge is 0.127 e. The van der Waals surface area contributed by atoms with E-state index in [1.807, 2.05) is 18.2 Å². The van der Waals surface area contributed by atoms with Crippen LogP contribution in [0.25, 0.3) is 16.5 Å². The molecular weight excluding hydrogens is 216 g/mol. The van der Waals surface area contributed by atoms with E-state index < -0.39 is 0 Å². The summed E-state index contributed by atoms with van der Waals surface area (Å²) in [6.07, 6.45) is 1.85. The minimum absolute atomic E-state index is 0.910. The van der Waals surface area contributed by atoms with Crippen molar-refractivity contribution in [1.29, 1.82) is 0 Å². The Hall–Kier alpha value is -1.54. The van der Waals surface area contributed by atoms with Crippen molar-refractivity contribution in [2.75, 3.05) is 7.11 Å². The molecule has 0 aliphatic rings. The van der Waals surface area contributed by atoms with Crippen LogP contribution >= 0.6 is 11.3 Å². The maximum absolute atomic E-state index is 5.38. The van der Waals surface area contributed by atoms with Crippen LogP contribution < -0.4 is 4.74 Å². The first-order chi connectivity index (χ1) is 7.74. The zero-order valence-corrected chi connectivity index (χ0v) is 10.3. The largest absolute Gasteiger partial charge is 0.496 e. The molecule has 0 aliphatic heterocycles. The molecule has 2 heteroatoms. The van der Waals surface area contributed by atoms with Gasteiger partial charge in [-0.1, -0.05) is 18.7 Å². The first-order valence-corrected chi connectivity index (χ1v) is 5.93. The Balaban J connectivity index is 2.56. The van der Waals surface area contributed by atoms with Crippen LogP contribution in [-0.4, -0.2) is 7.11 Å². The predicted molar refractivity (Wildman–Crippen MR) is 71.1 cm³/mol. The second-order valence-electron chi connectivity index (χ2n) is 3.57. The van der Waals surface area contributed by atoms with E-state index in [1.165, 1.54) is 9.75 Å². The third kappa shape index (κ3) is 2.02. The van der Waals surface area contributed by atoms with Crippen molar-refractivity contribution in [1.82, 2.24) is 0 Å². The van der Waals surface area contributed by atoms with E-state index in [9.17, 15) is 0 Å². The fourth-order valence-electron chi connectivity index (χ4n) is 1.62. The average molecular weight is 230 g/mol. The molecule has 2 rings (SSSR count). The maximum atomic E-state index is 5.38. The van der Waals surface area contributed by atoms with Gasteiger partial charge in [0.2, 0.25) is 0 Å². The van der Waals surface area contributed by atoms with Crippen LogP contribution in [0.3, 0.4) is 0 Å². The van der Waals surface area contributed by atoms with E-state index in [0.29, 0.717) is 0 Å². The lowest BCUT2D eigenvalue weighted by Gasteiger charge is -2.07. The monoisotopic (exact) mass is 230 g/mol. The lowest BCUT2D eigenvalue weighted by atomic mass is 10.1. The lowest BCUT2D eigenvalue weighted by Crippen LogP contribution is -1.87. The minimum atomic E-state index is 0.910. The molecule has 2 aromatic rings. The number of hydrogen-bond donors (Lipinski definition) is 0. The number of aryl methyl sites for hydroxylation is 1. The van der Waals surface area contributed by atoms with Gasteiger partial charge in [0.05, 0.1) is 7.11 Å². The Morgan fingerprint density at radius 3 is 2.62 bits per heavy atom. The molecular formula is C14H14OS. The molecule has 0 unspecified atom stereocenters. The van der Waals surface area contributed by atoms with Gasteiger partial charge in [-0.2, -0.15) is 0 Å². The molecule has 1 heterocycles. The first-order valence-electron chi connectivity index (χ1n) is 5.12. The summed E-state index contributed by atoms with van der Waals surface area (Å²) >= 11 is 1.78. The normalized spacial score (nSPS) is 10.1. The Kier molecular flexibility index (Phi) is 3.11. The van der Waals surface area contributed by atoms with Gasteiger partial charge in [-0.05, 0) is 36.8 Å². The molecule has 0 atom stereocenters. The Morgan fingerprint density at radius 1 is 1.25 bits per heavy atom. The highest BCUT2D eigenvalue weighted by atomic mass is 32.1. The second-order valence-corrected chi connectivity index (χ2v) is 4.86. The van der Waals surface area contributed by atoms with E-state index in [4.69, 9.17) is 4.74 Å². The highest BCUT2D eigenvalue weighted by Crippen LogP contribution is 2.35. The van der Waals surface area contributed by atoms with Crippen LogP contribution in [0.4, 0.5) is 0 Å². The maximum Gasteiger partial charge on any atom is 0.127 e. The van der Waals surface area contributed by atoms with Gasteiger partial charge in [-0.25, -0.2) is 0 Å². The van der Waals surface area contributed by atoms with E-state index in [-0.39, 0.29) is 0 Å². The SMILES string of the molecule is C=Cc1ccc(OC)c(-c2ccc(C)s2)c1. The van der Waals surface area contributed by atoms with Crippen molar-refractivity contribution in [3.05, 3.63) is 47.4 Å². The first kappa shape index (κ1) is 11.0. The molecule has 0 N–H and O–H groups in total. The van der Waals surface area contributed by atoms with Gasteiger partial charge in [-0.3, -0.25) is 0 Å². The number of rotatable bonds is 3. The van der Waals surface area contributed by atoms with Crippen molar-refractivity contribution in [3.63, 3.8) is 0 Å². The summed E-state index contributed by atoms with van der Waals surface area (Å²) < 4.78 is 5.38. The van der Waals surface area contributed by atoms with Crippen LogP contribution in [0.15, 0.2) is 36.9 Å². The van der Waals surface area contributed by atoms with E-state index >= 15 is 0 Å². The van der Waals surface area contributed by atoms with Crippen molar-refractivity contribution in [3.8, 4) is 16.2 Å². The lowest BCUT2D eigenvalue weighted by molar-refractivity contribution is 0.416. The number of methoxy groups -OCH3 is 1. The summed E-state index contributed by atoms with van der Waals surface area (Å²) in [5, 5.41) is 0. The molecule has 1 aromatic heterocycles. The molecule has 0 spiro atoms. The zero-order valence-electron chi connectivity index (χ0n) is 9.49. The fourth-order valence-corrected chi connectivity index (χ4v) is 2.51. The summed E-state index contributed by atoms with van der Waals surface area (Å²) in [5.74, 6) is 0.910. The molecule has 16 heavy (non-hydrogen) atoms. The third-order valence-corrected chi connectivity index (χ3v) is 3.50. The van der Waals surface area contributed by atoms with Crippen molar-refractivity contribution in [2.24, 2.45) is 0 Å². The summed E-state index contributed by atoms with van der Waals surface area (Å²) in [5.41, 5.74) is 2.25. The van der Waals surface area contributed by atoms with Gasteiger partial charge in [0, 0.05) is 15.3 Å². The molecule has 1 nitrogen and oxygen atoms in total. The topological polar surface area (TPSA) is 9.23 Å². The van der Waals surface area contributed by atoms with Gasteiger partial charge in [0.1, 0.15) is 5.75 Å². The minimum Gasteiger partial charge on any atom is -0.496 e. The molecule has 0 amide bonds. The second kappa shape index (κ2) is 4.54. The molecule has 0 saturated carbocycles. The van der Waals surface area contributed by atoms with Gasteiger partial charge in [-0.15, -0.1) is 11.3 Å². The summed E-state index contributed by atoms with van der Waals surface area (Å²) in [4.78, 5) is 2.54. The quantitative estimate of drug-likeness (QED) is 0.760. The molecule has 1 aromatic carbocycles. The van der Waals surface area contributed by atoms with Gasteiger partial charge in [0.15, 0.2) is 0 Å². The van der Waals surface area contributed by atoms with Crippen LogP contribution in [-0.2, 0) is 0 Å². The van der Waals surface area contributed by atoms with Gasteiger partial charge >= 0.3 is 0 Å². The highest BCUT2D eigenvalue weighted by molar-refractivity contribution is 7.15. The van der Waals surface area contributed by atoms with Crippen molar-refractivity contribution < 1.29 is 4.74 Å². The summed E-state index contributed by atoms with van der Waals surface area (Å²) in [6.45, 7) is 5.90. The Bertz CT molecular complexity index is 511. The van der Waals surface area contributed by atoms with Crippen LogP contribution in [0, 0.1) is 6.92 Å². The van der Waals surface area contributed by atoms with E-state index in [2.05, 4.69) is 31.7 Å². The number of thiophene rings is 1. The average Bonchev–Trinajstić information content (AvgIpc) is 2.75. The predicted octanol–water partition coefficient (Wildman–Crippen LogP) is 4.38. The molecule has 0 saturated heterocycles. The fraction of sp³-hybridized carbons (Fsp3) is 0.143. The Labute approximate surface area is 100 Å². The standard InChI is InChI=1S/C14H14OS/c1-4-11-6-7-13(15-3)12(9-11)14-8-5-10(2)16-14/h4-9H,1H2,2-3H3. The van der Waals surface area contributed by atoms with Gasteiger partial charge < -0.3 is 4.74 Å². The van der Waals surface area contributed by atoms with E-state index in [0.717, 1.165) is 16.9 Å². The summed E-state index contributed by atoms with van der Waals surface area (Å²) in [6, 6.07) is 10.4. The summed E-state index contributed by atoms with van der Waals surface area (Å²) in [7, 11) is 1.70. The molecule has 0 aliphatic carbocycles. The molecule has 0 radical (unpaired) electrons. The van der Waals surface area contributed by atoms with Gasteiger partial charge in [0.25, 0.3) is 0 Å². The molecule has 0 bridgehead atoms. The number of benzene rings is 1. The highest BCUT2D eigenvalue weighted by Gasteiger charge is 2.07. The number of hydrogen-bond acceptors (Lipinski definition) is 2. The molecule has 0 fully saturated rings. The zero-order chi connectivity index (χ0) is 11.5. The van der Waals surface area contributed by atoms with E-state index in [1.54, 1.807) is 18.4 Å². The van der Waals surface area contributed by atoms with Crippen LogP contribution in [0.5, 0.6) is 5.75 Å². The van der Waals surface area contributed by atoms with Crippen LogP contribution in [0.1, 0.15) is 10.4 Å². The van der Waals surface area contributed by atoms with Crippen LogP contribution in [0.2, 0.25) is 0 Å². The van der Waals surface area contributed by atoms with Crippen molar-refractivity contribution in [2.45, 2.75) is 6.92 Å². The molecule has 82 valence electrons. The van der Waals surface area contributed by atoms with Crippen molar-refractivity contribution >= 4 is 17.4 Å². The Morgan fingerprint density at radius 2 is 2.06 bits per heavy atom.